The zero-order chi connectivity index (χ0) is 13.4. The lowest BCUT2D eigenvalue weighted by Gasteiger charge is -2.13. The van der Waals surface area contributed by atoms with E-state index in [0.29, 0.717) is 26.2 Å². The minimum Gasteiger partial charge on any atom is -0.481 e. The van der Waals surface area contributed by atoms with Crippen molar-refractivity contribution in [3.05, 3.63) is 0 Å². The number of carbonyl (C=O) groups excluding carboxylic acids is 1. The number of carboxylic acids is 1. The summed E-state index contributed by atoms with van der Waals surface area (Å²) in [7, 11) is 0. The van der Waals surface area contributed by atoms with E-state index in [9.17, 15) is 9.59 Å². The summed E-state index contributed by atoms with van der Waals surface area (Å²) in [6.07, 6.45) is 3.61. The van der Waals surface area contributed by atoms with E-state index < -0.39 is 5.97 Å². The SMILES string of the molecule is NC1COCC1C(=O)NCCCCCCC(=O)O. The van der Waals surface area contributed by atoms with Crippen LogP contribution >= 0.6 is 0 Å². The summed E-state index contributed by atoms with van der Waals surface area (Å²) in [6.45, 7) is 1.48. The normalized spacial score (nSPS) is 22.9. The smallest absolute Gasteiger partial charge is 0.303 e. The zero-order valence-corrected chi connectivity index (χ0v) is 10.6. The monoisotopic (exact) mass is 258 g/mol. The van der Waals surface area contributed by atoms with Crippen molar-refractivity contribution in [1.82, 2.24) is 5.32 Å². The number of nitrogens with two attached hydrogens (primary N) is 1. The van der Waals surface area contributed by atoms with Crippen molar-refractivity contribution >= 4 is 11.9 Å². The molecule has 1 aliphatic rings. The lowest BCUT2D eigenvalue weighted by Crippen LogP contribution is -2.41. The summed E-state index contributed by atoms with van der Waals surface area (Å²) < 4.78 is 5.13. The van der Waals surface area contributed by atoms with Crippen LogP contribution in [0.15, 0.2) is 0 Å². The highest BCUT2D eigenvalue weighted by Gasteiger charge is 2.30. The lowest BCUT2D eigenvalue weighted by atomic mass is 10.0. The molecule has 1 saturated heterocycles. The molecule has 0 aromatic rings. The summed E-state index contributed by atoms with van der Waals surface area (Å²) in [4.78, 5) is 22.0. The Kier molecular flexibility index (Phi) is 6.67. The van der Waals surface area contributed by atoms with E-state index in [-0.39, 0.29) is 24.3 Å². The van der Waals surface area contributed by atoms with E-state index in [1.807, 2.05) is 0 Å². The number of nitrogens with one attached hydrogen (secondary N) is 1. The molecule has 1 rings (SSSR count). The highest BCUT2D eigenvalue weighted by molar-refractivity contribution is 5.79. The number of hydrogen-bond acceptors (Lipinski definition) is 4. The van der Waals surface area contributed by atoms with Crippen LogP contribution in [0.5, 0.6) is 0 Å². The summed E-state index contributed by atoms with van der Waals surface area (Å²) in [6, 6.07) is -0.194. The lowest BCUT2D eigenvalue weighted by molar-refractivity contribution is -0.137. The van der Waals surface area contributed by atoms with Gasteiger partial charge in [-0.3, -0.25) is 9.59 Å². The molecule has 1 fully saturated rings. The predicted octanol–water partition coefficient (Wildman–Crippen LogP) is 0.111. The van der Waals surface area contributed by atoms with Gasteiger partial charge in [0.05, 0.1) is 19.1 Å². The molecule has 0 bridgehead atoms. The molecule has 104 valence electrons. The van der Waals surface area contributed by atoms with Gasteiger partial charge in [-0.15, -0.1) is 0 Å². The van der Waals surface area contributed by atoms with Crippen LogP contribution in [-0.2, 0) is 14.3 Å². The largest absolute Gasteiger partial charge is 0.481 e. The average Bonchev–Trinajstić information content (AvgIpc) is 2.73. The maximum absolute atomic E-state index is 11.7. The third kappa shape index (κ3) is 5.46. The Morgan fingerprint density at radius 2 is 1.94 bits per heavy atom. The number of rotatable bonds is 8. The molecule has 1 heterocycles. The number of carboxylic acid groups (broad SMARTS) is 1. The summed E-state index contributed by atoms with van der Waals surface area (Å²) in [5.74, 6) is -1.01. The standard InChI is InChI=1S/C12H22N2O4/c13-10-8-18-7-9(10)12(17)14-6-4-2-1-3-5-11(15)16/h9-10H,1-8,13H2,(H,14,17)(H,15,16). The van der Waals surface area contributed by atoms with E-state index in [2.05, 4.69) is 5.32 Å². The van der Waals surface area contributed by atoms with E-state index in [0.717, 1.165) is 19.3 Å². The second-order valence-corrected chi connectivity index (χ2v) is 4.66. The molecular formula is C12H22N2O4. The molecule has 4 N–H and O–H groups in total. The Labute approximate surface area is 107 Å². The molecule has 6 heteroatoms. The van der Waals surface area contributed by atoms with Crippen LogP contribution in [0.25, 0.3) is 0 Å². The van der Waals surface area contributed by atoms with Gasteiger partial charge >= 0.3 is 5.97 Å². The molecule has 1 aliphatic heterocycles. The number of amides is 1. The topological polar surface area (TPSA) is 102 Å². The van der Waals surface area contributed by atoms with Gasteiger partial charge in [-0.1, -0.05) is 12.8 Å². The van der Waals surface area contributed by atoms with Gasteiger partial charge in [-0.2, -0.15) is 0 Å². The maximum atomic E-state index is 11.7. The van der Waals surface area contributed by atoms with Gasteiger partial charge in [0, 0.05) is 19.0 Å². The second-order valence-electron chi connectivity index (χ2n) is 4.66. The van der Waals surface area contributed by atoms with Crippen molar-refractivity contribution in [2.24, 2.45) is 11.7 Å². The minimum absolute atomic E-state index is 0.0365. The van der Waals surface area contributed by atoms with E-state index >= 15 is 0 Å². The Hall–Kier alpha value is -1.14. The first kappa shape index (κ1) is 14.9. The molecule has 0 radical (unpaired) electrons. The van der Waals surface area contributed by atoms with Gasteiger partial charge in [0.25, 0.3) is 0 Å². The Balaban J connectivity index is 1.97. The Bertz CT molecular complexity index is 283. The fourth-order valence-electron chi connectivity index (χ4n) is 1.94. The summed E-state index contributed by atoms with van der Waals surface area (Å²) >= 11 is 0. The van der Waals surface area contributed by atoms with Crippen molar-refractivity contribution in [1.29, 1.82) is 0 Å². The molecule has 0 spiro atoms. The third-order valence-corrected chi connectivity index (χ3v) is 3.08. The van der Waals surface area contributed by atoms with Gasteiger partial charge in [-0.05, 0) is 12.8 Å². The van der Waals surface area contributed by atoms with Gasteiger partial charge in [0.15, 0.2) is 0 Å². The van der Waals surface area contributed by atoms with Crippen molar-refractivity contribution in [3.63, 3.8) is 0 Å². The number of hydrogen-bond donors (Lipinski definition) is 3. The Morgan fingerprint density at radius 3 is 2.56 bits per heavy atom. The zero-order valence-electron chi connectivity index (χ0n) is 10.6. The number of carbonyl (C=O) groups is 2. The fourth-order valence-corrected chi connectivity index (χ4v) is 1.94. The van der Waals surface area contributed by atoms with Crippen molar-refractivity contribution in [3.8, 4) is 0 Å². The maximum Gasteiger partial charge on any atom is 0.303 e. The molecular weight excluding hydrogens is 236 g/mol. The summed E-state index contributed by atoms with van der Waals surface area (Å²) in [5.41, 5.74) is 5.74. The minimum atomic E-state index is -0.751. The first-order chi connectivity index (χ1) is 8.61. The predicted molar refractivity (Wildman–Crippen MR) is 66.0 cm³/mol. The first-order valence-electron chi connectivity index (χ1n) is 6.44. The van der Waals surface area contributed by atoms with Crippen molar-refractivity contribution in [2.45, 2.75) is 38.1 Å². The first-order valence-corrected chi connectivity index (χ1v) is 6.44. The van der Waals surface area contributed by atoms with Crippen LogP contribution in [0.4, 0.5) is 0 Å². The highest BCUT2D eigenvalue weighted by atomic mass is 16.5. The van der Waals surface area contributed by atoms with Gasteiger partial charge in [0.2, 0.25) is 5.91 Å². The van der Waals surface area contributed by atoms with Gasteiger partial charge < -0.3 is 20.9 Å². The fraction of sp³-hybridized carbons (Fsp3) is 0.833. The molecule has 0 aromatic heterocycles. The molecule has 18 heavy (non-hydrogen) atoms. The Morgan fingerprint density at radius 1 is 1.22 bits per heavy atom. The van der Waals surface area contributed by atoms with Gasteiger partial charge in [0.1, 0.15) is 0 Å². The molecule has 0 aliphatic carbocycles. The second kappa shape index (κ2) is 8.05. The number of aliphatic carboxylic acids is 1. The van der Waals surface area contributed by atoms with Crippen LogP contribution in [0.1, 0.15) is 32.1 Å². The summed E-state index contributed by atoms with van der Waals surface area (Å²) in [5, 5.41) is 11.3. The van der Waals surface area contributed by atoms with Crippen molar-refractivity contribution < 1.29 is 19.4 Å². The third-order valence-electron chi connectivity index (χ3n) is 3.08. The number of ether oxygens (including phenoxy) is 1. The molecule has 2 unspecified atom stereocenters. The van der Waals surface area contributed by atoms with E-state index in [1.165, 1.54) is 0 Å². The van der Waals surface area contributed by atoms with Crippen LogP contribution in [0.2, 0.25) is 0 Å². The van der Waals surface area contributed by atoms with Crippen LogP contribution in [0.3, 0.4) is 0 Å². The highest BCUT2D eigenvalue weighted by Crippen LogP contribution is 2.11. The molecule has 0 saturated carbocycles. The quantitative estimate of drug-likeness (QED) is 0.536. The van der Waals surface area contributed by atoms with Crippen molar-refractivity contribution in [2.75, 3.05) is 19.8 Å². The average molecular weight is 258 g/mol. The van der Waals surface area contributed by atoms with E-state index in [1.54, 1.807) is 0 Å². The molecule has 6 nitrogen and oxygen atoms in total. The number of unbranched alkanes of at least 4 members (excludes halogenated alkanes) is 3. The molecule has 0 aromatic carbocycles. The van der Waals surface area contributed by atoms with Gasteiger partial charge in [-0.25, -0.2) is 0 Å². The van der Waals surface area contributed by atoms with E-state index in [4.69, 9.17) is 15.6 Å². The molecule has 1 amide bonds. The van der Waals surface area contributed by atoms with Crippen LogP contribution < -0.4 is 11.1 Å². The van der Waals surface area contributed by atoms with Crippen LogP contribution in [-0.4, -0.2) is 42.8 Å². The molecule has 2 atom stereocenters. The van der Waals surface area contributed by atoms with Crippen LogP contribution in [0, 0.1) is 5.92 Å².